The lowest BCUT2D eigenvalue weighted by Gasteiger charge is -2.36. The number of anilines is 1. The molecule has 2 aliphatic rings. The van der Waals surface area contributed by atoms with Gasteiger partial charge in [-0.25, -0.2) is 4.98 Å². The van der Waals surface area contributed by atoms with Crippen LogP contribution in [0.2, 0.25) is 0 Å². The lowest BCUT2D eigenvalue weighted by molar-refractivity contribution is -0.134. The Balaban J connectivity index is 1.56. The summed E-state index contributed by atoms with van der Waals surface area (Å²) < 4.78 is 0. The summed E-state index contributed by atoms with van der Waals surface area (Å²) in [5, 5.41) is 0. The molecular formula is C18H23N5O. The Morgan fingerprint density at radius 2 is 1.83 bits per heavy atom. The van der Waals surface area contributed by atoms with Gasteiger partial charge in [0, 0.05) is 32.7 Å². The number of carbonyl (C=O) groups is 1. The fourth-order valence-electron chi connectivity index (χ4n) is 3.62. The van der Waals surface area contributed by atoms with Crippen LogP contribution in [-0.4, -0.2) is 71.5 Å². The summed E-state index contributed by atoms with van der Waals surface area (Å²) in [6, 6.07) is 7.77. The molecule has 4 rings (SSSR count). The Hall–Kier alpha value is -2.21. The summed E-state index contributed by atoms with van der Waals surface area (Å²) in [4.78, 5) is 28.6. The number of carbonyl (C=O) groups excluding carboxylic acids is 1. The Labute approximate surface area is 142 Å². The minimum absolute atomic E-state index is 0.0936. The zero-order valence-corrected chi connectivity index (χ0v) is 14.1. The first-order valence-electron chi connectivity index (χ1n) is 8.68. The number of aromatic nitrogens is 2. The maximum Gasteiger partial charge on any atom is 0.245 e. The van der Waals surface area contributed by atoms with Crippen LogP contribution in [0.5, 0.6) is 0 Å². The molecule has 1 amide bonds. The molecule has 2 fully saturated rings. The highest BCUT2D eigenvalue weighted by Crippen LogP contribution is 2.26. The van der Waals surface area contributed by atoms with Crippen molar-refractivity contribution in [3.05, 3.63) is 30.5 Å². The Bertz CT molecular complexity index is 741. The molecule has 0 spiro atoms. The van der Waals surface area contributed by atoms with Crippen LogP contribution in [0.15, 0.2) is 30.5 Å². The van der Waals surface area contributed by atoms with Gasteiger partial charge in [-0.3, -0.25) is 9.78 Å². The molecule has 2 aliphatic heterocycles. The van der Waals surface area contributed by atoms with E-state index in [4.69, 9.17) is 4.98 Å². The molecule has 0 aliphatic carbocycles. The third-order valence-corrected chi connectivity index (χ3v) is 5.08. The standard InChI is InChI=1S/C18H23N5O/c1-21-9-11-22(12-10-21)18(24)16-7-4-8-23(16)17-13-19-14-5-2-3-6-15(14)20-17/h2-3,5-6,13,16H,4,7-12H2,1H3. The largest absolute Gasteiger partial charge is 0.343 e. The third-order valence-electron chi connectivity index (χ3n) is 5.08. The van der Waals surface area contributed by atoms with Crippen molar-refractivity contribution < 1.29 is 4.79 Å². The quantitative estimate of drug-likeness (QED) is 0.835. The van der Waals surface area contributed by atoms with Gasteiger partial charge < -0.3 is 14.7 Å². The molecule has 1 atom stereocenters. The summed E-state index contributed by atoms with van der Waals surface area (Å²) in [6.07, 6.45) is 3.73. The molecule has 0 N–H and O–H groups in total. The van der Waals surface area contributed by atoms with E-state index in [1.165, 1.54) is 0 Å². The van der Waals surface area contributed by atoms with Crippen LogP contribution in [0.1, 0.15) is 12.8 Å². The minimum Gasteiger partial charge on any atom is -0.343 e. The average molecular weight is 325 g/mol. The third kappa shape index (κ3) is 2.82. The molecule has 6 nitrogen and oxygen atoms in total. The number of piperazine rings is 1. The lowest BCUT2D eigenvalue weighted by Crippen LogP contribution is -2.53. The van der Waals surface area contributed by atoms with Crippen LogP contribution >= 0.6 is 0 Å². The van der Waals surface area contributed by atoms with Gasteiger partial charge in [-0.1, -0.05) is 12.1 Å². The Morgan fingerprint density at radius 1 is 1.08 bits per heavy atom. The van der Waals surface area contributed by atoms with E-state index in [-0.39, 0.29) is 11.9 Å². The normalized spacial score (nSPS) is 22.3. The fraction of sp³-hybridized carbons (Fsp3) is 0.500. The molecule has 3 heterocycles. The second kappa shape index (κ2) is 6.36. The number of hydrogen-bond acceptors (Lipinski definition) is 5. The van der Waals surface area contributed by atoms with Gasteiger partial charge in [-0.2, -0.15) is 0 Å². The van der Waals surface area contributed by atoms with Crippen LogP contribution in [-0.2, 0) is 4.79 Å². The summed E-state index contributed by atoms with van der Waals surface area (Å²) in [5.74, 6) is 1.06. The smallest absolute Gasteiger partial charge is 0.245 e. The predicted octanol–water partition coefficient (Wildman–Crippen LogP) is 1.37. The first-order valence-corrected chi connectivity index (χ1v) is 8.68. The number of amides is 1. The van der Waals surface area contributed by atoms with Gasteiger partial charge in [0.1, 0.15) is 11.9 Å². The second-order valence-corrected chi connectivity index (χ2v) is 6.70. The van der Waals surface area contributed by atoms with Crippen molar-refractivity contribution in [1.82, 2.24) is 19.8 Å². The van der Waals surface area contributed by atoms with Crippen molar-refractivity contribution >= 4 is 22.8 Å². The van der Waals surface area contributed by atoms with Gasteiger partial charge in [0.25, 0.3) is 0 Å². The minimum atomic E-state index is -0.0936. The molecule has 126 valence electrons. The van der Waals surface area contributed by atoms with Crippen LogP contribution in [0.25, 0.3) is 11.0 Å². The first-order chi connectivity index (χ1) is 11.7. The summed E-state index contributed by atoms with van der Waals surface area (Å²) >= 11 is 0. The summed E-state index contributed by atoms with van der Waals surface area (Å²) in [5.41, 5.74) is 1.77. The maximum absolute atomic E-state index is 13.0. The van der Waals surface area contributed by atoms with Crippen molar-refractivity contribution in [1.29, 1.82) is 0 Å². The molecule has 2 aromatic rings. The van der Waals surface area contributed by atoms with Crippen molar-refractivity contribution in [2.24, 2.45) is 0 Å². The predicted molar refractivity (Wildman–Crippen MR) is 94.0 cm³/mol. The molecule has 1 aromatic carbocycles. The number of fused-ring (bicyclic) bond motifs is 1. The summed E-state index contributed by atoms with van der Waals surface area (Å²) in [6.45, 7) is 4.42. The van der Waals surface area contributed by atoms with E-state index in [0.29, 0.717) is 0 Å². The van der Waals surface area contributed by atoms with E-state index in [1.54, 1.807) is 6.20 Å². The maximum atomic E-state index is 13.0. The van der Waals surface area contributed by atoms with Gasteiger partial charge in [0.05, 0.1) is 17.2 Å². The number of rotatable bonds is 2. The van der Waals surface area contributed by atoms with E-state index in [1.807, 2.05) is 29.2 Å². The summed E-state index contributed by atoms with van der Waals surface area (Å²) in [7, 11) is 2.11. The van der Waals surface area contributed by atoms with Gasteiger partial charge >= 0.3 is 0 Å². The molecule has 6 heteroatoms. The van der Waals surface area contributed by atoms with Crippen molar-refractivity contribution in [2.75, 3.05) is 44.7 Å². The SMILES string of the molecule is CN1CCN(C(=O)C2CCCN2c2cnc3ccccc3n2)CC1. The second-order valence-electron chi connectivity index (χ2n) is 6.70. The fourth-order valence-corrected chi connectivity index (χ4v) is 3.62. The number of para-hydroxylation sites is 2. The van der Waals surface area contributed by atoms with Gasteiger partial charge in [0.15, 0.2) is 0 Å². The topological polar surface area (TPSA) is 52.6 Å². The van der Waals surface area contributed by atoms with Crippen LogP contribution in [0.3, 0.4) is 0 Å². The average Bonchev–Trinajstić information content (AvgIpc) is 3.11. The van der Waals surface area contributed by atoms with Crippen LogP contribution in [0.4, 0.5) is 5.82 Å². The van der Waals surface area contributed by atoms with E-state index in [9.17, 15) is 4.79 Å². The Kier molecular flexibility index (Phi) is 4.06. The lowest BCUT2D eigenvalue weighted by atomic mass is 10.1. The molecule has 0 radical (unpaired) electrons. The van der Waals surface area contributed by atoms with Gasteiger partial charge in [-0.15, -0.1) is 0 Å². The van der Waals surface area contributed by atoms with Crippen LogP contribution < -0.4 is 4.90 Å². The highest BCUT2D eigenvalue weighted by Gasteiger charge is 2.35. The molecule has 0 bridgehead atoms. The Morgan fingerprint density at radius 3 is 2.62 bits per heavy atom. The number of likely N-dealkylation sites (N-methyl/N-ethyl adjacent to an activating group) is 1. The zero-order chi connectivity index (χ0) is 16.5. The number of nitrogens with zero attached hydrogens (tertiary/aromatic N) is 5. The molecule has 24 heavy (non-hydrogen) atoms. The van der Waals surface area contributed by atoms with E-state index in [0.717, 1.165) is 62.4 Å². The molecule has 0 saturated carbocycles. The van der Waals surface area contributed by atoms with Gasteiger partial charge in [-0.05, 0) is 32.0 Å². The van der Waals surface area contributed by atoms with Gasteiger partial charge in [0.2, 0.25) is 5.91 Å². The van der Waals surface area contributed by atoms with Crippen LogP contribution in [0, 0.1) is 0 Å². The van der Waals surface area contributed by atoms with Crippen molar-refractivity contribution in [3.8, 4) is 0 Å². The molecule has 2 saturated heterocycles. The molecule has 1 aromatic heterocycles. The van der Waals surface area contributed by atoms with E-state index in [2.05, 4.69) is 21.8 Å². The molecular weight excluding hydrogens is 302 g/mol. The number of hydrogen-bond donors (Lipinski definition) is 0. The van der Waals surface area contributed by atoms with Crippen molar-refractivity contribution in [3.63, 3.8) is 0 Å². The first kappa shape index (κ1) is 15.3. The van der Waals surface area contributed by atoms with E-state index >= 15 is 0 Å². The zero-order valence-electron chi connectivity index (χ0n) is 14.1. The van der Waals surface area contributed by atoms with Crippen molar-refractivity contribution in [2.45, 2.75) is 18.9 Å². The highest BCUT2D eigenvalue weighted by molar-refractivity contribution is 5.86. The highest BCUT2D eigenvalue weighted by atomic mass is 16.2. The monoisotopic (exact) mass is 325 g/mol. The molecule has 1 unspecified atom stereocenters. The number of benzene rings is 1. The van der Waals surface area contributed by atoms with E-state index < -0.39 is 0 Å².